The van der Waals surface area contributed by atoms with Gasteiger partial charge in [0.05, 0.1) is 24.1 Å². The van der Waals surface area contributed by atoms with E-state index in [2.05, 4.69) is 15.0 Å². The summed E-state index contributed by atoms with van der Waals surface area (Å²) in [6.45, 7) is 2.17. The number of fused-ring (bicyclic) bond motifs is 1. The Morgan fingerprint density at radius 2 is 2.14 bits per heavy atom. The number of thioether (sulfide) groups is 1. The topological polar surface area (TPSA) is 62.5 Å². The average Bonchev–Trinajstić information content (AvgIpc) is 3.22. The van der Waals surface area contributed by atoms with Crippen LogP contribution in [0.2, 0.25) is 0 Å². The Hall–Kier alpha value is -2.28. The molecule has 2 aliphatic heterocycles. The number of hydrogen-bond acceptors (Lipinski definition) is 4. The minimum absolute atomic E-state index is 0.145. The van der Waals surface area contributed by atoms with Gasteiger partial charge in [0.2, 0.25) is 0 Å². The molecule has 1 saturated heterocycles. The van der Waals surface area contributed by atoms with Crippen molar-refractivity contribution in [2.24, 2.45) is 5.10 Å². The number of amides is 2. The maximum Gasteiger partial charge on any atom is 0.337 e. The molecule has 2 aliphatic rings. The largest absolute Gasteiger partial charge is 0.337 e. The number of nitrogens with zero attached hydrogens (tertiary/aromatic N) is 4. The molecule has 2 aromatic rings. The summed E-state index contributed by atoms with van der Waals surface area (Å²) in [5.41, 5.74) is 2.95. The standard InChI is InChI=1S/C15H15N5OS/c21-14-16-6-7-20(14)17-10-12-13(11-4-2-1-3-5-11)18-15-19(12)8-9-22-15/h1-5,10H,6-9H2,(H,16,21)/b17-10+. The highest BCUT2D eigenvalue weighted by Crippen LogP contribution is 2.32. The number of carbonyl (C=O) groups is 1. The maximum atomic E-state index is 11.6. The molecule has 1 N–H and O–H groups in total. The first-order valence-electron chi connectivity index (χ1n) is 7.21. The van der Waals surface area contributed by atoms with Gasteiger partial charge in [-0.3, -0.25) is 0 Å². The van der Waals surface area contributed by atoms with Gasteiger partial charge in [0.1, 0.15) is 0 Å². The molecule has 6 nitrogen and oxygen atoms in total. The predicted octanol–water partition coefficient (Wildman–Crippen LogP) is 2.01. The second kappa shape index (κ2) is 5.49. The first kappa shape index (κ1) is 13.4. The minimum atomic E-state index is -0.145. The van der Waals surface area contributed by atoms with E-state index in [0.29, 0.717) is 13.1 Å². The van der Waals surface area contributed by atoms with Crippen molar-refractivity contribution >= 4 is 24.0 Å². The zero-order chi connectivity index (χ0) is 14.9. The van der Waals surface area contributed by atoms with E-state index >= 15 is 0 Å². The molecule has 0 unspecified atom stereocenters. The number of benzene rings is 1. The lowest BCUT2D eigenvalue weighted by Gasteiger charge is -2.07. The third kappa shape index (κ3) is 2.27. The van der Waals surface area contributed by atoms with Gasteiger partial charge in [-0.2, -0.15) is 5.10 Å². The van der Waals surface area contributed by atoms with Crippen LogP contribution in [0.5, 0.6) is 0 Å². The second-order valence-electron chi connectivity index (χ2n) is 5.09. The van der Waals surface area contributed by atoms with Gasteiger partial charge in [-0.05, 0) is 0 Å². The Morgan fingerprint density at radius 3 is 2.91 bits per heavy atom. The van der Waals surface area contributed by atoms with Crippen LogP contribution in [0.4, 0.5) is 4.79 Å². The fourth-order valence-electron chi connectivity index (χ4n) is 2.63. The number of hydrogen-bond donors (Lipinski definition) is 1. The molecule has 0 radical (unpaired) electrons. The highest BCUT2D eigenvalue weighted by molar-refractivity contribution is 7.99. The van der Waals surface area contributed by atoms with Crippen molar-refractivity contribution in [3.05, 3.63) is 36.0 Å². The monoisotopic (exact) mass is 313 g/mol. The van der Waals surface area contributed by atoms with E-state index in [9.17, 15) is 4.79 Å². The van der Waals surface area contributed by atoms with Crippen molar-refractivity contribution in [3.8, 4) is 11.3 Å². The van der Waals surface area contributed by atoms with E-state index in [1.165, 1.54) is 5.01 Å². The van der Waals surface area contributed by atoms with Crippen molar-refractivity contribution in [2.45, 2.75) is 11.7 Å². The molecule has 4 rings (SSSR count). The molecule has 1 aromatic heterocycles. The van der Waals surface area contributed by atoms with E-state index in [-0.39, 0.29) is 6.03 Å². The zero-order valence-electron chi connectivity index (χ0n) is 11.9. The highest BCUT2D eigenvalue weighted by atomic mass is 32.2. The quantitative estimate of drug-likeness (QED) is 0.882. The molecule has 0 bridgehead atoms. The summed E-state index contributed by atoms with van der Waals surface area (Å²) in [4.78, 5) is 16.3. The summed E-state index contributed by atoms with van der Waals surface area (Å²) in [6, 6.07) is 9.94. The molecular weight excluding hydrogens is 298 g/mol. The summed E-state index contributed by atoms with van der Waals surface area (Å²) >= 11 is 1.75. The van der Waals surface area contributed by atoms with Gasteiger partial charge in [-0.15, -0.1) is 0 Å². The maximum absolute atomic E-state index is 11.6. The van der Waals surface area contributed by atoms with Gasteiger partial charge >= 0.3 is 6.03 Å². The minimum Gasteiger partial charge on any atom is -0.335 e. The van der Waals surface area contributed by atoms with Gasteiger partial charge in [0.15, 0.2) is 5.16 Å². The lowest BCUT2D eigenvalue weighted by Crippen LogP contribution is -2.23. The Kier molecular flexibility index (Phi) is 3.34. The van der Waals surface area contributed by atoms with Crippen molar-refractivity contribution < 1.29 is 4.79 Å². The fourth-order valence-corrected chi connectivity index (χ4v) is 3.59. The molecule has 22 heavy (non-hydrogen) atoms. The third-order valence-corrected chi connectivity index (χ3v) is 4.68. The van der Waals surface area contributed by atoms with Gasteiger partial charge in [-0.25, -0.2) is 14.8 Å². The summed E-state index contributed by atoms with van der Waals surface area (Å²) in [5.74, 6) is 1.03. The van der Waals surface area contributed by atoms with Crippen LogP contribution in [-0.2, 0) is 6.54 Å². The number of rotatable bonds is 3. The molecule has 0 spiro atoms. The van der Waals surface area contributed by atoms with Crippen LogP contribution in [0.15, 0.2) is 40.6 Å². The summed E-state index contributed by atoms with van der Waals surface area (Å²) in [5, 5.41) is 9.56. The molecule has 0 atom stereocenters. The predicted molar refractivity (Wildman–Crippen MR) is 86.1 cm³/mol. The molecule has 2 amide bonds. The normalized spacial score (nSPS) is 17.3. The SMILES string of the molecule is O=C1NCCN1/N=C/c1c(-c2ccccc2)nc2n1CCS2. The Morgan fingerprint density at radius 1 is 1.27 bits per heavy atom. The zero-order valence-corrected chi connectivity index (χ0v) is 12.7. The molecule has 112 valence electrons. The number of carbonyl (C=O) groups excluding carboxylic acids is 1. The lowest BCUT2D eigenvalue weighted by atomic mass is 10.1. The fraction of sp³-hybridized carbons (Fsp3) is 0.267. The van der Waals surface area contributed by atoms with E-state index in [1.807, 2.05) is 30.3 Å². The van der Waals surface area contributed by atoms with E-state index in [0.717, 1.165) is 34.4 Å². The van der Waals surface area contributed by atoms with Crippen molar-refractivity contribution in [1.29, 1.82) is 0 Å². The van der Waals surface area contributed by atoms with Crippen LogP contribution in [-0.4, -0.2) is 45.6 Å². The van der Waals surface area contributed by atoms with Crippen LogP contribution in [0.3, 0.4) is 0 Å². The molecular formula is C15H15N5OS. The smallest absolute Gasteiger partial charge is 0.335 e. The van der Waals surface area contributed by atoms with E-state index in [4.69, 9.17) is 4.98 Å². The first-order chi connectivity index (χ1) is 10.8. The van der Waals surface area contributed by atoms with Gasteiger partial charge in [0, 0.05) is 24.4 Å². The number of urea groups is 1. The number of nitrogens with one attached hydrogen (secondary N) is 1. The Bertz CT molecular complexity index is 740. The third-order valence-electron chi connectivity index (χ3n) is 3.72. The van der Waals surface area contributed by atoms with Crippen LogP contribution in [0, 0.1) is 0 Å². The lowest BCUT2D eigenvalue weighted by molar-refractivity contribution is 0.219. The van der Waals surface area contributed by atoms with Crippen LogP contribution in [0.25, 0.3) is 11.3 Å². The number of hydrazone groups is 1. The van der Waals surface area contributed by atoms with Crippen molar-refractivity contribution in [1.82, 2.24) is 19.9 Å². The molecule has 7 heteroatoms. The molecule has 0 aliphatic carbocycles. The van der Waals surface area contributed by atoms with E-state index in [1.54, 1.807) is 18.0 Å². The molecule has 3 heterocycles. The molecule has 1 fully saturated rings. The van der Waals surface area contributed by atoms with Crippen molar-refractivity contribution in [2.75, 3.05) is 18.8 Å². The van der Waals surface area contributed by atoms with Crippen molar-refractivity contribution in [3.63, 3.8) is 0 Å². The second-order valence-corrected chi connectivity index (χ2v) is 6.16. The van der Waals surface area contributed by atoms with Gasteiger partial charge < -0.3 is 9.88 Å². The first-order valence-corrected chi connectivity index (χ1v) is 8.19. The van der Waals surface area contributed by atoms with Crippen LogP contribution < -0.4 is 5.32 Å². The summed E-state index contributed by atoms with van der Waals surface area (Å²) in [6.07, 6.45) is 1.76. The Labute approximate surface area is 132 Å². The van der Waals surface area contributed by atoms with Gasteiger partial charge in [-0.1, -0.05) is 42.1 Å². The van der Waals surface area contributed by atoms with Crippen LogP contribution in [0.1, 0.15) is 5.69 Å². The highest BCUT2D eigenvalue weighted by Gasteiger charge is 2.23. The molecule has 0 saturated carbocycles. The summed E-state index contributed by atoms with van der Waals surface area (Å²) in [7, 11) is 0. The molecule has 1 aromatic carbocycles. The van der Waals surface area contributed by atoms with Crippen LogP contribution >= 0.6 is 11.8 Å². The average molecular weight is 313 g/mol. The number of aromatic nitrogens is 2. The Balaban J connectivity index is 1.74. The summed E-state index contributed by atoms with van der Waals surface area (Å²) < 4.78 is 2.17. The van der Waals surface area contributed by atoms with E-state index < -0.39 is 0 Å². The number of imidazole rings is 1. The van der Waals surface area contributed by atoms with Gasteiger partial charge in [0.25, 0.3) is 0 Å².